The van der Waals surface area contributed by atoms with Gasteiger partial charge in [-0.3, -0.25) is 4.79 Å². The van der Waals surface area contributed by atoms with Crippen molar-refractivity contribution in [1.82, 2.24) is 0 Å². The Labute approximate surface area is 129 Å². The van der Waals surface area contributed by atoms with E-state index < -0.39 is 5.41 Å². The lowest BCUT2D eigenvalue weighted by Gasteiger charge is -2.16. The number of ether oxygens (including phenoxy) is 1. The minimum Gasteiger partial charge on any atom is -0.497 e. The molecule has 1 aliphatic carbocycles. The summed E-state index contributed by atoms with van der Waals surface area (Å²) in [6.45, 7) is 0. The second-order valence-corrected chi connectivity index (χ2v) is 5.45. The average Bonchev–Trinajstić information content (AvgIpc) is 3.37. The third kappa shape index (κ3) is 2.53. The van der Waals surface area contributed by atoms with Crippen LogP contribution in [0.4, 0.5) is 5.69 Å². The molecular weight excluding hydrogens is 276 g/mol. The van der Waals surface area contributed by atoms with E-state index in [0.717, 1.165) is 24.2 Å². The van der Waals surface area contributed by atoms with E-state index in [0.29, 0.717) is 11.3 Å². The number of nitrogens with zero attached hydrogens (tertiary/aromatic N) is 1. The molecule has 0 heterocycles. The van der Waals surface area contributed by atoms with Gasteiger partial charge in [0.25, 0.3) is 0 Å². The maximum absolute atomic E-state index is 12.6. The fraction of sp³-hybridized carbons (Fsp3) is 0.222. The topological polar surface area (TPSA) is 62.1 Å². The number of hydrogen-bond donors (Lipinski definition) is 1. The number of amides is 1. The number of hydrogen-bond acceptors (Lipinski definition) is 3. The van der Waals surface area contributed by atoms with Crippen LogP contribution >= 0.6 is 0 Å². The van der Waals surface area contributed by atoms with Crippen LogP contribution in [0.3, 0.4) is 0 Å². The molecular formula is C18H16N2O2. The van der Waals surface area contributed by atoms with Gasteiger partial charge in [-0.25, -0.2) is 0 Å². The number of nitrogens with one attached hydrogen (secondary N) is 1. The van der Waals surface area contributed by atoms with Gasteiger partial charge in [-0.15, -0.1) is 0 Å². The average molecular weight is 292 g/mol. The van der Waals surface area contributed by atoms with Crippen molar-refractivity contribution in [2.45, 2.75) is 18.3 Å². The Bertz CT molecular complexity index is 723. The van der Waals surface area contributed by atoms with Gasteiger partial charge in [-0.1, -0.05) is 12.1 Å². The highest BCUT2D eigenvalue weighted by atomic mass is 16.5. The predicted octanol–water partition coefficient (Wildman–Crippen LogP) is 3.24. The van der Waals surface area contributed by atoms with Gasteiger partial charge in [0.1, 0.15) is 5.75 Å². The van der Waals surface area contributed by atoms with Crippen molar-refractivity contribution in [3.05, 3.63) is 59.7 Å². The summed E-state index contributed by atoms with van der Waals surface area (Å²) < 4.78 is 5.15. The molecule has 0 bridgehead atoms. The summed E-state index contributed by atoms with van der Waals surface area (Å²) in [6.07, 6.45) is 1.70. The summed E-state index contributed by atoms with van der Waals surface area (Å²) in [4.78, 5) is 12.6. The standard InChI is InChI=1S/C18H16N2O2/c1-22-16-8-4-14(5-9-16)18(10-11-18)17(21)20-15-6-2-13(12-19)3-7-15/h2-9H,10-11H2,1H3,(H,20,21). The van der Waals surface area contributed by atoms with Crippen LogP contribution in [0.15, 0.2) is 48.5 Å². The van der Waals surface area contributed by atoms with E-state index in [1.165, 1.54) is 0 Å². The highest BCUT2D eigenvalue weighted by Gasteiger charge is 2.51. The second kappa shape index (κ2) is 5.53. The van der Waals surface area contributed by atoms with Gasteiger partial charge in [0.05, 0.1) is 24.2 Å². The Morgan fingerprint density at radius 2 is 1.77 bits per heavy atom. The highest BCUT2D eigenvalue weighted by molar-refractivity contribution is 6.01. The first kappa shape index (κ1) is 14.2. The van der Waals surface area contributed by atoms with E-state index >= 15 is 0 Å². The van der Waals surface area contributed by atoms with Gasteiger partial charge >= 0.3 is 0 Å². The van der Waals surface area contributed by atoms with Crippen LogP contribution in [0.1, 0.15) is 24.0 Å². The van der Waals surface area contributed by atoms with Gasteiger partial charge < -0.3 is 10.1 Å². The molecule has 1 saturated carbocycles. The lowest BCUT2D eigenvalue weighted by molar-refractivity contribution is -0.118. The Morgan fingerprint density at radius 1 is 1.14 bits per heavy atom. The van der Waals surface area contributed by atoms with E-state index in [2.05, 4.69) is 11.4 Å². The Hall–Kier alpha value is -2.80. The lowest BCUT2D eigenvalue weighted by atomic mass is 9.94. The van der Waals surface area contributed by atoms with Crippen molar-refractivity contribution < 1.29 is 9.53 Å². The Kier molecular flexibility index (Phi) is 3.56. The minimum absolute atomic E-state index is 0.00220. The van der Waals surface area contributed by atoms with E-state index in [-0.39, 0.29) is 5.91 Å². The zero-order valence-electron chi connectivity index (χ0n) is 12.3. The summed E-state index contributed by atoms with van der Waals surface area (Å²) in [5.74, 6) is 0.787. The molecule has 1 amide bonds. The van der Waals surface area contributed by atoms with Gasteiger partial charge in [0, 0.05) is 5.69 Å². The van der Waals surface area contributed by atoms with Crippen LogP contribution < -0.4 is 10.1 Å². The van der Waals surface area contributed by atoms with Crippen LogP contribution in [-0.2, 0) is 10.2 Å². The quantitative estimate of drug-likeness (QED) is 0.941. The first-order valence-corrected chi connectivity index (χ1v) is 7.14. The Balaban J connectivity index is 1.77. The molecule has 0 radical (unpaired) electrons. The molecule has 0 saturated heterocycles. The fourth-order valence-corrected chi connectivity index (χ4v) is 2.56. The van der Waals surface area contributed by atoms with Crippen molar-refractivity contribution in [3.8, 4) is 11.8 Å². The molecule has 1 aliphatic rings. The van der Waals surface area contributed by atoms with Crippen LogP contribution in [0.2, 0.25) is 0 Å². The molecule has 1 fully saturated rings. The molecule has 2 aromatic carbocycles. The van der Waals surface area contributed by atoms with Crippen LogP contribution in [0.25, 0.3) is 0 Å². The van der Waals surface area contributed by atoms with Crippen molar-refractivity contribution in [3.63, 3.8) is 0 Å². The minimum atomic E-state index is -0.430. The smallest absolute Gasteiger partial charge is 0.235 e. The van der Waals surface area contributed by atoms with Gasteiger partial charge in [0.2, 0.25) is 5.91 Å². The summed E-state index contributed by atoms with van der Waals surface area (Å²) in [6, 6.07) is 16.6. The van der Waals surface area contributed by atoms with Gasteiger partial charge in [-0.05, 0) is 54.8 Å². The van der Waals surface area contributed by atoms with Crippen LogP contribution in [0.5, 0.6) is 5.75 Å². The maximum atomic E-state index is 12.6. The zero-order valence-corrected chi connectivity index (χ0v) is 12.3. The molecule has 1 N–H and O–H groups in total. The third-order valence-electron chi connectivity index (χ3n) is 4.10. The van der Waals surface area contributed by atoms with Crippen molar-refractivity contribution in [2.24, 2.45) is 0 Å². The van der Waals surface area contributed by atoms with Crippen molar-refractivity contribution in [1.29, 1.82) is 5.26 Å². The van der Waals surface area contributed by atoms with Crippen LogP contribution in [-0.4, -0.2) is 13.0 Å². The molecule has 0 atom stereocenters. The van der Waals surface area contributed by atoms with E-state index in [1.807, 2.05) is 24.3 Å². The SMILES string of the molecule is COc1ccc(C2(C(=O)Nc3ccc(C#N)cc3)CC2)cc1. The molecule has 0 aliphatic heterocycles. The summed E-state index contributed by atoms with van der Waals surface area (Å²) in [7, 11) is 1.62. The van der Waals surface area contributed by atoms with E-state index in [9.17, 15) is 4.79 Å². The summed E-state index contributed by atoms with van der Waals surface area (Å²) in [5, 5.41) is 11.7. The fourth-order valence-electron chi connectivity index (χ4n) is 2.56. The molecule has 4 heteroatoms. The molecule has 4 nitrogen and oxygen atoms in total. The molecule has 0 unspecified atom stereocenters. The van der Waals surface area contributed by atoms with E-state index in [4.69, 9.17) is 10.00 Å². The first-order valence-electron chi connectivity index (χ1n) is 7.14. The number of nitriles is 1. The normalized spacial score (nSPS) is 14.7. The molecule has 2 aromatic rings. The second-order valence-electron chi connectivity index (χ2n) is 5.45. The lowest BCUT2D eigenvalue weighted by Crippen LogP contribution is -2.27. The van der Waals surface area contributed by atoms with Crippen molar-refractivity contribution >= 4 is 11.6 Å². The maximum Gasteiger partial charge on any atom is 0.235 e. The van der Waals surface area contributed by atoms with Crippen LogP contribution in [0, 0.1) is 11.3 Å². The number of methoxy groups -OCH3 is 1. The number of carbonyl (C=O) groups is 1. The Morgan fingerprint density at radius 3 is 2.27 bits per heavy atom. The monoisotopic (exact) mass is 292 g/mol. The first-order chi connectivity index (χ1) is 10.7. The number of carbonyl (C=O) groups excluding carboxylic acids is 1. The summed E-state index contributed by atoms with van der Waals surface area (Å²) in [5.41, 5.74) is 1.87. The molecule has 3 rings (SSSR count). The highest BCUT2D eigenvalue weighted by Crippen LogP contribution is 2.49. The molecule has 22 heavy (non-hydrogen) atoms. The molecule has 0 spiro atoms. The predicted molar refractivity (Wildman–Crippen MR) is 83.7 cm³/mol. The molecule has 0 aromatic heterocycles. The number of benzene rings is 2. The van der Waals surface area contributed by atoms with E-state index in [1.54, 1.807) is 31.4 Å². The largest absolute Gasteiger partial charge is 0.497 e. The van der Waals surface area contributed by atoms with Gasteiger partial charge in [0.15, 0.2) is 0 Å². The molecule has 110 valence electrons. The van der Waals surface area contributed by atoms with Gasteiger partial charge in [-0.2, -0.15) is 5.26 Å². The zero-order chi connectivity index (χ0) is 15.6. The third-order valence-corrected chi connectivity index (χ3v) is 4.10. The van der Waals surface area contributed by atoms with Crippen molar-refractivity contribution in [2.75, 3.05) is 12.4 Å². The number of anilines is 1. The number of rotatable bonds is 4. The summed E-state index contributed by atoms with van der Waals surface area (Å²) >= 11 is 0.